The lowest BCUT2D eigenvalue weighted by Crippen LogP contribution is -2.26. The predicted molar refractivity (Wildman–Crippen MR) is 83.2 cm³/mol. The van der Waals surface area contributed by atoms with Gasteiger partial charge in [0, 0.05) is 11.6 Å². The van der Waals surface area contributed by atoms with Crippen LogP contribution in [0.5, 0.6) is 5.75 Å². The highest BCUT2D eigenvalue weighted by Gasteiger charge is 2.12. The van der Waals surface area contributed by atoms with E-state index in [0.29, 0.717) is 0 Å². The summed E-state index contributed by atoms with van der Waals surface area (Å²) in [5.41, 5.74) is 2.09. The van der Waals surface area contributed by atoms with Crippen molar-refractivity contribution < 1.29 is 4.74 Å². The van der Waals surface area contributed by atoms with E-state index in [0.717, 1.165) is 22.8 Å². The molecule has 4 nitrogen and oxygen atoms in total. The maximum Gasteiger partial charge on any atom is 0.148 e. The van der Waals surface area contributed by atoms with Gasteiger partial charge in [0.1, 0.15) is 11.6 Å². The van der Waals surface area contributed by atoms with Crippen LogP contribution in [0.4, 0.5) is 5.82 Å². The Balaban J connectivity index is 2.12. The van der Waals surface area contributed by atoms with Gasteiger partial charge in [-0.25, -0.2) is 0 Å². The number of aromatic amines is 1. The molecule has 0 fully saturated rings. The molecule has 0 amide bonds. The summed E-state index contributed by atoms with van der Waals surface area (Å²) in [6.45, 7) is 10.4. The molecule has 2 aromatic rings. The van der Waals surface area contributed by atoms with E-state index in [-0.39, 0.29) is 11.6 Å². The van der Waals surface area contributed by atoms with Crippen molar-refractivity contribution in [1.82, 2.24) is 10.2 Å². The first-order valence-electron chi connectivity index (χ1n) is 6.94. The number of rotatable bonds is 4. The van der Waals surface area contributed by atoms with Crippen molar-refractivity contribution in [3.8, 4) is 17.0 Å². The van der Waals surface area contributed by atoms with Crippen LogP contribution in [-0.4, -0.2) is 21.8 Å². The largest absolute Gasteiger partial charge is 0.491 e. The number of H-pyrrole nitrogens is 1. The van der Waals surface area contributed by atoms with Crippen LogP contribution in [0.15, 0.2) is 30.3 Å². The molecule has 0 unspecified atom stereocenters. The maximum absolute atomic E-state index is 5.64. The fourth-order valence-electron chi connectivity index (χ4n) is 1.90. The first kappa shape index (κ1) is 14.4. The molecule has 0 aliphatic carbocycles. The second-order valence-electron chi connectivity index (χ2n) is 6.23. The molecule has 4 heteroatoms. The fourth-order valence-corrected chi connectivity index (χ4v) is 1.90. The third-order valence-electron chi connectivity index (χ3n) is 2.62. The molecule has 0 radical (unpaired) electrons. The van der Waals surface area contributed by atoms with Crippen molar-refractivity contribution in [2.24, 2.45) is 0 Å². The normalized spacial score (nSPS) is 11.7. The molecule has 0 aliphatic heterocycles. The number of hydrogen-bond donors (Lipinski definition) is 2. The zero-order valence-electron chi connectivity index (χ0n) is 12.8. The highest BCUT2D eigenvalue weighted by atomic mass is 16.5. The minimum absolute atomic E-state index is 0.00141. The SMILES string of the molecule is CC(C)Oc1ccc(-c2cc(NC(C)(C)C)n[nH]2)cc1. The zero-order chi connectivity index (χ0) is 14.8. The molecule has 20 heavy (non-hydrogen) atoms. The van der Waals surface area contributed by atoms with Gasteiger partial charge in [-0.15, -0.1) is 0 Å². The Morgan fingerprint density at radius 3 is 2.35 bits per heavy atom. The first-order chi connectivity index (χ1) is 9.33. The number of nitrogens with one attached hydrogen (secondary N) is 2. The summed E-state index contributed by atoms with van der Waals surface area (Å²) in [6, 6.07) is 10.0. The summed E-state index contributed by atoms with van der Waals surface area (Å²) in [5.74, 6) is 1.74. The van der Waals surface area contributed by atoms with Gasteiger partial charge in [0.2, 0.25) is 0 Å². The van der Waals surface area contributed by atoms with E-state index in [1.807, 2.05) is 44.2 Å². The topological polar surface area (TPSA) is 49.9 Å². The van der Waals surface area contributed by atoms with Gasteiger partial charge in [0.25, 0.3) is 0 Å². The highest BCUT2D eigenvalue weighted by Crippen LogP contribution is 2.24. The Morgan fingerprint density at radius 1 is 1.15 bits per heavy atom. The summed E-state index contributed by atoms with van der Waals surface area (Å²) in [7, 11) is 0. The number of hydrogen-bond acceptors (Lipinski definition) is 3. The third-order valence-corrected chi connectivity index (χ3v) is 2.62. The maximum atomic E-state index is 5.64. The van der Waals surface area contributed by atoms with Gasteiger partial charge in [-0.1, -0.05) is 0 Å². The molecular formula is C16H23N3O. The van der Waals surface area contributed by atoms with E-state index in [1.165, 1.54) is 0 Å². The number of anilines is 1. The van der Waals surface area contributed by atoms with Gasteiger partial charge in [-0.2, -0.15) is 5.10 Å². The lowest BCUT2D eigenvalue weighted by Gasteiger charge is -2.19. The Kier molecular flexibility index (Phi) is 4.02. The van der Waals surface area contributed by atoms with Gasteiger partial charge in [0.05, 0.1) is 11.8 Å². The minimum atomic E-state index is 0.00141. The quantitative estimate of drug-likeness (QED) is 0.882. The minimum Gasteiger partial charge on any atom is -0.491 e. The monoisotopic (exact) mass is 273 g/mol. The summed E-state index contributed by atoms with van der Waals surface area (Å²) in [6.07, 6.45) is 0.190. The van der Waals surface area contributed by atoms with Gasteiger partial charge in [-0.05, 0) is 64.4 Å². The van der Waals surface area contributed by atoms with Crippen molar-refractivity contribution >= 4 is 5.82 Å². The summed E-state index contributed by atoms with van der Waals surface area (Å²) in [4.78, 5) is 0. The molecule has 0 saturated heterocycles. The molecule has 1 aromatic heterocycles. The molecular weight excluding hydrogens is 250 g/mol. The molecule has 0 spiro atoms. The van der Waals surface area contributed by atoms with Crippen molar-refractivity contribution in [3.05, 3.63) is 30.3 Å². The van der Waals surface area contributed by atoms with Crippen LogP contribution in [-0.2, 0) is 0 Å². The fraction of sp³-hybridized carbons (Fsp3) is 0.438. The summed E-state index contributed by atoms with van der Waals surface area (Å²) < 4.78 is 5.64. The van der Waals surface area contributed by atoms with E-state index in [1.54, 1.807) is 0 Å². The van der Waals surface area contributed by atoms with Crippen LogP contribution in [0.2, 0.25) is 0 Å². The van der Waals surface area contributed by atoms with Crippen molar-refractivity contribution in [1.29, 1.82) is 0 Å². The van der Waals surface area contributed by atoms with Gasteiger partial charge in [-0.3, -0.25) is 5.10 Å². The second-order valence-corrected chi connectivity index (χ2v) is 6.23. The first-order valence-corrected chi connectivity index (χ1v) is 6.94. The standard InChI is InChI=1S/C16H23N3O/c1-11(2)20-13-8-6-12(7-9-13)14-10-15(19-18-14)17-16(3,4)5/h6-11H,1-5H3,(H2,17,18,19). The number of aromatic nitrogens is 2. The lowest BCUT2D eigenvalue weighted by molar-refractivity contribution is 0.242. The van der Waals surface area contributed by atoms with Crippen molar-refractivity contribution in [2.45, 2.75) is 46.3 Å². The Bertz CT molecular complexity index is 550. The number of ether oxygens (including phenoxy) is 1. The zero-order valence-corrected chi connectivity index (χ0v) is 12.8. The Labute approximate surface area is 120 Å². The van der Waals surface area contributed by atoms with E-state index < -0.39 is 0 Å². The molecule has 1 aromatic carbocycles. The lowest BCUT2D eigenvalue weighted by atomic mass is 10.1. The number of benzene rings is 1. The molecule has 2 N–H and O–H groups in total. The van der Waals surface area contributed by atoms with E-state index in [2.05, 4.69) is 36.3 Å². The Morgan fingerprint density at radius 2 is 1.80 bits per heavy atom. The molecule has 0 aliphatic rings. The summed E-state index contributed by atoms with van der Waals surface area (Å²) >= 11 is 0. The summed E-state index contributed by atoms with van der Waals surface area (Å²) in [5, 5.41) is 10.7. The smallest absolute Gasteiger partial charge is 0.148 e. The molecule has 1 heterocycles. The van der Waals surface area contributed by atoms with E-state index >= 15 is 0 Å². The van der Waals surface area contributed by atoms with E-state index in [9.17, 15) is 0 Å². The average molecular weight is 273 g/mol. The van der Waals surface area contributed by atoms with Crippen LogP contribution >= 0.6 is 0 Å². The third kappa shape index (κ3) is 4.02. The molecule has 108 valence electrons. The molecule has 0 atom stereocenters. The van der Waals surface area contributed by atoms with Gasteiger partial charge >= 0.3 is 0 Å². The van der Waals surface area contributed by atoms with Crippen LogP contribution in [0.3, 0.4) is 0 Å². The van der Waals surface area contributed by atoms with Crippen LogP contribution < -0.4 is 10.1 Å². The highest BCUT2D eigenvalue weighted by molar-refractivity contribution is 5.63. The van der Waals surface area contributed by atoms with Crippen molar-refractivity contribution in [3.63, 3.8) is 0 Å². The number of nitrogens with zero attached hydrogens (tertiary/aromatic N) is 1. The van der Waals surface area contributed by atoms with E-state index in [4.69, 9.17) is 4.74 Å². The van der Waals surface area contributed by atoms with Crippen LogP contribution in [0.1, 0.15) is 34.6 Å². The molecule has 2 rings (SSSR count). The van der Waals surface area contributed by atoms with Crippen LogP contribution in [0, 0.1) is 0 Å². The Hall–Kier alpha value is -1.97. The van der Waals surface area contributed by atoms with Crippen molar-refractivity contribution in [2.75, 3.05) is 5.32 Å². The van der Waals surface area contributed by atoms with Crippen LogP contribution in [0.25, 0.3) is 11.3 Å². The predicted octanol–water partition coefficient (Wildman–Crippen LogP) is 4.07. The second kappa shape index (κ2) is 5.57. The van der Waals surface area contributed by atoms with Gasteiger partial charge in [0.15, 0.2) is 0 Å². The molecule has 0 saturated carbocycles. The molecule has 0 bridgehead atoms. The van der Waals surface area contributed by atoms with Gasteiger partial charge < -0.3 is 10.1 Å². The average Bonchev–Trinajstić information content (AvgIpc) is 2.75.